The third-order valence-corrected chi connectivity index (χ3v) is 4.34. The molecule has 0 aliphatic heterocycles. The van der Waals surface area contributed by atoms with Crippen molar-refractivity contribution < 1.29 is 49.2 Å². The van der Waals surface area contributed by atoms with E-state index in [1.165, 1.54) is 0 Å². The number of hydrogen-bond acceptors (Lipinski definition) is 6. The lowest BCUT2D eigenvalue weighted by Gasteiger charge is -2.27. The van der Waals surface area contributed by atoms with Crippen molar-refractivity contribution >= 4 is 35.4 Å². The highest BCUT2D eigenvalue weighted by Gasteiger charge is 2.45. The largest absolute Gasteiger partial charge is 0.481 e. The van der Waals surface area contributed by atoms with Crippen molar-refractivity contribution in [3.63, 3.8) is 0 Å². The minimum Gasteiger partial charge on any atom is -0.481 e. The summed E-state index contributed by atoms with van der Waals surface area (Å²) in [4.78, 5) is 69.6. The summed E-state index contributed by atoms with van der Waals surface area (Å²) in [7, 11) is 0. The molecular weight excluding hydrogens is 388 g/mol. The maximum absolute atomic E-state index is 12.2. The zero-order valence-corrected chi connectivity index (χ0v) is 15.2. The Hall–Kier alpha value is -3.56. The first-order valence-corrected chi connectivity index (χ1v) is 8.53. The van der Waals surface area contributed by atoms with Crippen LogP contribution in [0, 0.1) is 17.8 Å². The molecule has 0 amide bonds. The molecule has 10 heteroatoms. The number of carbonyl (C=O) groups excluding carboxylic acids is 2. The molecule has 0 bridgehead atoms. The minimum absolute atomic E-state index is 0.0970. The number of ketones is 2. The average molecular weight is 408 g/mol. The highest BCUT2D eigenvalue weighted by molar-refractivity contribution is 6.09. The van der Waals surface area contributed by atoms with E-state index in [4.69, 9.17) is 10.2 Å². The van der Waals surface area contributed by atoms with Crippen LogP contribution < -0.4 is 0 Å². The van der Waals surface area contributed by atoms with E-state index in [2.05, 4.69) is 0 Å². The van der Waals surface area contributed by atoms with E-state index in [-0.39, 0.29) is 12.8 Å². The Morgan fingerprint density at radius 1 is 0.690 bits per heavy atom. The van der Waals surface area contributed by atoms with Gasteiger partial charge in [-0.2, -0.15) is 0 Å². The van der Waals surface area contributed by atoms with Crippen LogP contribution in [0.15, 0.2) is 30.3 Å². The molecular formula is C19H20O10. The number of Topliss-reactive ketones (excluding diaryl/α,β-unsaturated/α-hetero) is 2. The van der Waals surface area contributed by atoms with Crippen molar-refractivity contribution in [3.05, 3.63) is 35.9 Å². The molecule has 0 radical (unpaired) electrons. The predicted octanol–water partition coefficient (Wildman–Crippen LogP) is 0.725. The van der Waals surface area contributed by atoms with E-state index in [0.717, 1.165) is 0 Å². The molecule has 0 aliphatic carbocycles. The van der Waals surface area contributed by atoms with E-state index in [1.54, 1.807) is 30.3 Å². The normalized spacial score (nSPS) is 13.7. The maximum Gasteiger partial charge on any atom is 0.314 e. The fourth-order valence-corrected chi connectivity index (χ4v) is 3.14. The summed E-state index contributed by atoms with van der Waals surface area (Å²) in [5.74, 6) is -15.1. The molecule has 1 unspecified atom stereocenters. The van der Waals surface area contributed by atoms with Gasteiger partial charge < -0.3 is 20.4 Å². The van der Waals surface area contributed by atoms with E-state index in [1.807, 2.05) is 0 Å². The van der Waals surface area contributed by atoms with E-state index in [9.17, 15) is 39.0 Å². The number of carbonyl (C=O) groups is 6. The van der Waals surface area contributed by atoms with Crippen LogP contribution in [-0.2, 0) is 35.2 Å². The third kappa shape index (κ3) is 7.17. The van der Waals surface area contributed by atoms with Gasteiger partial charge in [-0.1, -0.05) is 30.3 Å². The molecule has 0 saturated heterocycles. The Kier molecular flexibility index (Phi) is 8.66. The summed E-state index contributed by atoms with van der Waals surface area (Å²) < 4.78 is 0. The molecule has 1 aromatic carbocycles. The van der Waals surface area contributed by atoms with Gasteiger partial charge in [-0.15, -0.1) is 0 Å². The summed E-state index contributed by atoms with van der Waals surface area (Å²) >= 11 is 0. The molecule has 29 heavy (non-hydrogen) atoms. The first-order chi connectivity index (χ1) is 13.5. The first-order valence-electron chi connectivity index (χ1n) is 8.53. The van der Waals surface area contributed by atoms with Crippen LogP contribution in [0.5, 0.6) is 0 Å². The molecule has 0 aromatic heterocycles. The van der Waals surface area contributed by atoms with Gasteiger partial charge in [0, 0.05) is 0 Å². The summed E-state index contributed by atoms with van der Waals surface area (Å²) in [5.41, 5.74) is 0.669. The van der Waals surface area contributed by atoms with Crippen LogP contribution in [0.3, 0.4) is 0 Å². The Bertz CT molecular complexity index is 752. The molecule has 0 heterocycles. The van der Waals surface area contributed by atoms with Gasteiger partial charge >= 0.3 is 23.9 Å². The Morgan fingerprint density at radius 2 is 1.10 bits per heavy atom. The lowest BCUT2D eigenvalue weighted by Crippen LogP contribution is -2.43. The van der Waals surface area contributed by atoms with Crippen molar-refractivity contribution in [3.8, 4) is 0 Å². The second kappa shape index (κ2) is 10.7. The lowest BCUT2D eigenvalue weighted by atomic mass is 9.73. The molecule has 156 valence electrons. The van der Waals surface area contributed by atoms with Gasteiger partial charge in [0.1, 0.15) is 24.7 Å². The third-order valence-electron chi connectivity index (χ3n) is 4.34. The smallest absolute Gasteiger partial charge is 0.314 e. The van der Waals surface area contributed by atoms with Crippen molar-refractivity contribution in [2.75, 3.05) is 0 Å². The fraction of sp³-hybridized carbons (Fsp3) is 0.368. The van der Waals surface area contributed by atoms with Gasteiger partial charge in [0.25, 0.3) is 0 Å². The summed E-state index contributed by atoms with van der Waals surface area (Å²) in [6.07, 6.45) is -2.50. The number of carboxylic acids is 4. The molecule has 0 saturated carbocycles. The summed E-state index contributed by atoms with van der Waals surface area (Å²) in [6, 6.07) is 8.41. The van der Waals surface area contributed by atoms with Crippen molar-refractivity contribution in [1.82, 2.24) is 0 Å². The SMILES string of the molecule is O=C(O)CC(=O)[C@@H](C(=O)O)C(CCc1ccccc1)[C@@H](C(=O)O)C(=O)CC(=O)O. The fourth-order valence-electron chi connectivity index (χ4n) is 3.14. The van der Waals surface area contributed by atoms with Crippen LogP contribution in [0.4, 0.5) is 0 Å². The van der Waals surface area contributed by atoms with E-state index < -0.39 is 66.0 Å². The second-order valence-corrected chi connectivity index (χ2v) is 6.39. The van der Waals surface area contributed by atoms with Crippen LogP contribution in [0.25, 0.3) is 0 Å². The van der Waals surface area contributed by atoms with Gasteiger partial charge in [-0.3, -0.25) is 28.8 Å². The first kappa shape index (κ1) is 23.5. The van der Waals surface area contributed by atoms with E-state index >= 15 is 0 Å². The van der Waals surface area contributed by atoms with Crippen LogP contribution >= 0.6 is 0 Å². The van der Waals surface area contributed by atoms with Crippen molar-refractivity contribution in [1.29, 1.82) is 0 Å². The Morgan fingerprint density at radius 3 is 1.45 bits per heavy atom. The van der Waals surface area contributed by atoms with Gasteiger partial charge in [0.05, 0.1) is 0 Å². The van der Waals surface area contributed by atoms with Crippen molar-refractivity contribution in [2.45, 2.75) is 25.7 Å². The number of rotatable bonds is 13. The monoisotopic (exact) mass is 408 g/mol. The Labute approximate surface area is 164 Å². The zero-order chi connectivity index (χ0) is 22.1. The molecule has 1 aromatic rings. The Balaban J connectivity index is 3.35. The van der Waals surface area contributed by atoms with Gasteiger partial charge in [0.15, 0.2) is 11.6 Å². The molecule has 1 rings (SSSR count). The number of hydrogen-bond donors (Lipinski definition) is 4. The van der Waals surface area contributed by atoms with Crippen LogP contribution in [-0.4, -0.2) is 55.9 Å². The lowest BCUT2D eigenvalue weighted by molar-refractivity contribution is -0.156. The van der Waals surface area contributed by atoms with Gasteiger partial charge in [0.2, 0.25) is 0 Å². The predicted molar refractivity (Wildman–Crippen MR) is 95.0 cm³/mol. The van der Waals surface area contributed by atoms with Crippen LogP contribution in [0.1, 0.15) is 24.8 Å². The molecule has 0 fully saturated rings. The van der Waals surface area contributed by atoms with Gasteiger partial charge in [-0.05, 0) is 24.3 Å². The van der Waals surface area contributed by atoms with Crippen molar-refractivity contribution in [2.24, 2.45) is 17.8 Å². The molecule has 4 N–H and O–H groups in total. The number of carboxylic acid groups (broad SMARTS) is 4. The summed E-state index contributed by atoms with van der Waals surface area (Å²) in [5, 5.41) is 36.6. The number of aryl methyl sites for hydroxylation is 1. The number of aliphatic carboxylic acids is 4. The highest BCUT2D eigenvalue weighted by Crippen LogP contribution is 2.31. The zero-order valence-electron chi connectivity index (χ0n) is 15.2. The van der Waals surface area contributed by atoms with E-state index in [0.29, 0.717) is 5.56 Å². The maximum atomic E-state index is 12.2. The second-order valence-electron chi connectivity index (χ2n) is 6.39. The topological polar surface area (TPSA) is 183 Å². The van der Waals surface area contributed by atoms with Crippen LogP contribution in [0.2, 0.25) is 0 Å². The molecule has 10 nitrogen and oxygen atoms in total. The standard InChI is InChI=1S/C19H20O10/c20-12(8-14(22)23)16(18(26)27)11(7-6-10-4-2-1-3-5-10)17(19(28)29)13(21)9-15(24)25/h1-5,11,16-17H,6-9H2,(H,22,23)(H,24,25)(H,26,27)(H,28,29)/t11?,16-,17+. The minimum atomic E-state index is -2.09. The highest BCUT2D eigenvalue weighted by atomic mass is 16.4. The molecule has 0 spiro atoms. The molecule has 3 atom stereocenters. The van der Waals surface area contributed by atoms with Gasteiger partial charge in [-0.25, -0.2) is 0 Å². The average Bonchev–Trinajstić information content (AvgIpc) is 2.58. The quantitative estimate of drug-likeness (QED) is 0.339. The molecule has 0 aliphatic rings. The number of benzene rings is 1. The summed E-state index contributed by atoms with van der Waals surface area (Å²) in [6.45, 7) is 0.